The molecule has 2 aliphatic rings. The first-order chi connectivity index (χ1) is 21.8. The van der Waals surface area contributed by atoms with E-state index in [2.05, 4.69) is 5.16 Å². The number of oxime groups is 1. The maximum Gasteiger partial charge on any atom is 0.311 e. The number of esters is 1. The van der Waals surface area contributed by atoms with Crippen molar-refractivity contribution in [1.82, 2.24) is 4.90 Å². The van der Waals surface area contributed by atoms with Gasteiger partial charge in [-0.25, -0.2) is 0 Å². The number of nitrogens with zero attached hydrogens (tertiary/aromatic N) is 2. The van der Waals surface area contributed by atoms with Crippen molar-refractivity contribution in [1.29, 1.82) is 0 Å². The lowest BCUT2D eigenvalue weighted by Crippen LogP contribution is -2.60. The van der Waals surface area contributed by atoms with Crippen molar-refractivity contribution in [2.45, 2.75) is 135 Å². The van der Waals surface area contributed by atoms with Crippen LogP contribution in [0.15, 0.2) is 22.7 Å². The minimum absolute atomic E-state index is 0.0768. The lowest BCUT2D eigenvalue weighted by Gasteiger charge is -2.47. The van der Waals surface area contributed by atoms with Gasteiger partial charge in [0.15, 0.2) is 6.29 Å². The number of carbonyl (C=O) groups is 2. The Bertz CT molecular complexity index is 1230. The van der Waals surface area contributed by atoms with E-state index in [1.165, 1.54) is 37.0 Å². The van der Waals surface area contributed by atoms with Gasteiger partial charge in [-0.05, 0) is 58.4 Å². The highest BCUT2D eigenvalue weighted by Gasteiger charge is 2.51. The molecule has 1 aromatic rings. The fraction of sp³-hybridized carbons (Fsp3) is 0.788. The number of hydrogen-bond acceptors (Lipinski definition) is 13. The summed E-state index contributed by atoms with van der Waals surface area (Å²) in [7, 11) is 1.59. The van der Waals surface area contributed by atoms with Crippen LogP contribution in [-0.2, 0) is 19.0 Å². The van der Waals surface area contributed by atoms with Gasteiger partial charge in [-0.15, -0.1) is 11.3 Å². The molecule has 6 N–H and O–H groups in total. The van der Waals surface area contributed by atoms with Crippen molar-refractivity contribution < 1.29 is 54.5 Å². The number of aliphatic hydroxyl groups is 5. The molecule has 2 saturated heterocycles. The average molecular weight is 687 g/mol. The van der Waals surface area contributed by atoms with Crippen LogP contribution in [-0.4, -0.2) is 120 Å². The number of ether oxygens (including phenoxy) is 3. The van der Waals surface area contributed by atoms with E-state index in [-0.39, 0.29) is 24.5 Å². The Hall–Kier alpha value is -2.17. The molecule has 0 unspecified atom stereocenters. The summed E-state index contributed by atoms with van der Waals surface area (Å²) < 4.78 is 18.1. The lowest BCUT2D eigenvalue weighted by atomic mass is 9.73. The summed E-state index contributed by atoms with van der Waals surface area (Å²) in [5.41, 5.74) is -3.68. The highest BCUT2D eigenvalue weighted by atomic mass is 32.1. The van der Waals surface area contributed by atoms with Gasteiger partial charge < -0.3 is 49.9 Å². The molecule has 3 heterocycles. The molecule has 0 saturated carbocycles. The number of cyclic esters (lactones) is 1. The van der Waals surface area contributed by atoms with Gasteiger partial charge in [-0.3, -0.25) is 9.59 Å². The number of hydrogen-bond donors (Lipinski definition) is 6. The molecule has 0 spiro atoms. The molecule has 0 radical (unpaired) electrons. The zero-order valence-electron chi connectivity index (χ0n) is 28.8. The largest absolute Gasteiger partial charge is 0.459 e. The van der Waals surface area contributed by atoms with E-state index in [1.54, 1.807) is 59.2 Å². The smallest absolute Gasteiger partial charge is 0.311 e. The van der Waals surface area contributed by atoms with Gasteiger partial charge >= 0.3 is 5.97 Å². The molecule has 3 rings (SSSR count). The number of carbonyl (C=O) groups excluding carboxylic acids is 2. The second-order valence-electron chi connectivity index (χ2n) is 14.0. The number of thiophene rings is 1. The molecular formula is C33H54N2O11S. The summed E-state index contributed by atoms with van der Waals surface area (Å²) in [6, 6.07) is 2.76. The molecule has 13 nitrogen and oxygen atoms in total. The van der Waals surface area contributed by atoms with Crippen molar-refractivity contribution in [2.75, 3.05) is 7.05 Å². The van der Waals surface area contributed by atoms with E-state index in [1.807, 2.05) is 0 Å². The third-order valence-corrected chi connectivity index (χ3v) is 11.0. The first-order valence-electron chi connectivity index (χ1n) is 16.3. The van der Waals surface area contributed by atoms with E-state index >= 15 is 0 Å². The second kappa shape index (κ2) is 15.6. The van der Waals surface area contributed by atoms with Gasteiger partial charge in [0.25, 0.3) is 5.91 Å². The summed E-state index contributed by atoms with van der Waals surface area (Å²) >= 11 is 1.28. The van der Waals surface area contributed by atoms with Crippen LogP contribution < -0.4 is 0 Å². The van der Waals surface area contributed by atoms with Crippen molar-refractivity contribution in [3.8, 4) is 0 Å². The molecule has 47 heavy (non-hydrogen) atoms. The maximum atomic E-state index is 13.3. The minimum atomic E-state index is -1.95. The average Bonchev–Trinajstić information content (AvgIpc) is 3.56. The Morgan fingerprint density at radius 1 is 1.11 bits per heavy atom. The van der Waals surface area contributed by atoms with Crippen LogP contribution in [0, 0.1) is 23.7 Å². The van der Waals surface area contributed by atoms with Crippen molar-refractivity contribution in [3.63, 3.8) is 0 Å². The van der Waals surface area contributed by atoms with E-state index in [4.69, 9.17) is 14.2 Å². The summed E-state index contributed by atoms with van der Waals surface area (Å²) in [6.07, 6.45) is -8.20. The lowest BCUT2D eigenvalue weighted by molar-refractivity contribution is -0.298. The Balaban J connectivity index is 2.03. The third kappa shape index (κ3) is 8.35. The molecule has 1 amide bonds. The molecule has 0 aromatic carbocycles. The number of amides is 1. The number of likely N-dealkylation sites (N-methyl/N-ethyl adjacent to an activating group) is 1. The molecule has 0 bridgehead atoms. The predicted molar refractivity (Wildman–Crippen MR) is 174 cm³/mol. The minimum Gasteiger partial charge on any atom is -0.459 e. The standard InChI is InChI=1S/C33H54N2O11S/c1-10-23-33(8,42)27(38)18(4)24(34-43)16(2)15-32(7,41)28(19(5)25(36)20(6)30(40)45-23)46-31-26(37)21(14-17(3)44-31)35(9)29(39)22-12-11-13-47-22/h11-13,16-21,23,25-28,31,36-38,41-43H,10,14-15H2,1-9H3/b34-24+/t16-,17-,18+,19+,20-,21+,23-,25+,26-,27-,28-,31+,32-,33-/m1/s1. The second-order valence-corrected chi connectivity index (χ2v) is 14.9. The summed E-state index contributed by atoms with van der Waals surface area (Å²) in [6.45, 7) is 12.5. The topological polar surface area (TPSA) is 199 Å². The number of rotatable bonds is 5. The zero-order chi connectivity index (χ0) is 35.6. The third-order valence-electron chi connectivity index (χ3n) is 10.1. The first-order valence-corrected chi connectivity index (χ1v) is 17.2. The van der Waals surface area contributed by atoms with E-state index in [0.29, 0.717) is 11.3 Å². The molecule has 14 heteroatoms. The zero-order valence-corrected chi connectivity index (χ0v) is 29.6. The van der Waals surface area contributed by atoms with Gasteiger partial charge in [0.1, 0.15) is 17.8 Å². The van der Waals surface area contributed by atoms with Gasteiger partial charge in [-0.2, -0.15) is 0 Å². The molecule has 0 aliphatic carbocycles. The number of aliphatic hydroxyl groups excluding tert-OH is 3. The molecule has 14 atom stereocenters. The van der Waals surface area contributed by atoms with Crippen LogP contribution in [0.1, 0.15) is 84.3 Å². The quantitative estimate of drug-likeness (QED) is 0.151. The van der Waals surface area contributed by atoms with Crippen molar-refractivity contribution >= 4 is 28.9 Å². The fourth-order valence-electron chi connectivity index (χ4n) is 7.21. The van der Waals surface area contributed by atoms with Gasteiger partial charge in [-0.1, -0.05) is 38.9 Å². The summed E-state index contributed by atoms with van der Waals surface area (Å²) in [5.74, 6) is -4.85. The SMILES string of the molecule is CC[C@H]1OC(=O)[C@H](C)[C@@H](O)[C@H](C)[C@@H](O[C@@H]2O[C@H](C)C[C@H](N(C)C(=O)c3cccs3)[C@H]2O)[C@](C)(O)C[C@@H](C)/C(=N\O)[C@H](C)[C@@H](O)[C@]1(C)O. The fourth-order valence-corrected chi connectivity index (χ4v) is 7.91. The van der Waals surface area contributed by atoms with Crippen LogP contribution in [0.2, 0.25) is 0 Å². The van der Waals surface area contributed by atoms with Gasteiger partial charge in [0.2, 0.25) is 0 Å². The predicted octanol–water partition coefficient (Wildman–Crippen LogP) is 2.39. The maximum absolute atomic E-state index is 13.3. The van der Waals surface area contributed by atoms with Crippen molar-refractivity contribution in [2.24, 2.45) is 28.8 Å². The van der Waals surface area contributed by atoms with Crippen LogP contribution in [0.25, 0.3) is 0 Å². The van der Waals surface area contributed by atoms with Crippen LogP contribution in [0.5, 0.6) is 0 Å². The van der Waals surface area contributed by atoms with E-state index < -0.39 is 89.8 Å². The highest BCUT2D eigenvalue weighted by Crippen LogP contribution is 2.38. The van der Waals surface area contributed by atoms with E-state index in [0.717, 1.165) is 0 Å². The van der Waals surface area contributed by atoms with Crippen LogP contribution in [0.3, 0.4) is 0 Å². The normalized spacial score (nSPS) is 43.6. The van der Waals surface area contributed by atoms with Crippen LogP contribution >= 0.6 is 11.3 Å². The summed E-state index contributed by atoms with van der Waals surface area (Å²) in [4.78, 5) is 28.5. The molecule has 2 fully saturated rings. The first kappa shape index (κ1) is 39.3. The molecular weight excluding hydrogens is 632 g/mol. The Morgan fingerprint density at radius 2 is 1.74 bits per heavy atom. The van der Waals surface area contributed by atoms with E-state index in [9.17, 15) is 40.3 Å². The highest BCUT2D eigenvalue weighted by molar-refractivity contribution is 7.12. The molecule has 268 valence electrons. The van der Waals surface area contributed by atoms with Crippen LogP contribution in [0.4, 0.5) is 0 Å². The summed E-state index contributed by atoms with van der Waals surface area (Å²) in [5, 5.41) is 73.0. The molecule has 2 aliphatic heterocycles. The Kier molecular flexibility index (Phi) is 13.0. The monoisotopic (exact) mass is 686 g/mol. The Morgan fingerprint density at radius 3 is 2.30 bits per heavy atom. The molecule has 1 aromatic heterocycles. The van der Waals surface area contributed by atoms with Gasteiger partial charge in [0, 0.05) is 24.8 Å². The Labute approximate surface area is 281 Å². The van der Waals surface area contributed by atoms with Gasteiger partial charge in [0.05, 0.1) is 52.6 Å². The van der Waals surface area contributed by atoms with Crippen molar-refractivity contribution in [3.05, 3.63) is 22.4 Å².